The molecule has 0 saturated carbocycles. The Balaban J connectivity index is 1.28. The van der Waals surface area contributed by atoms with Crippen LogP contribution in [0.2, 0.25) is 0 Å². The first kappa shape index (κ1) is 19.3. The van der Waals surface area contributed by atoms with Crippen molar-refractivity contribution in [2.45, 2.75) is 24.8 Å². The van der Waals surface area contributed by atoms with Gasteiger partial charge in [0.25, 0.3) is 0 Å². The second-order valence-corrected chi connectivity index (χ2v) is 7.78. The number of nitrogens with zero attached hydrogens (tertiary/aromatic N) is 3. The van der Waals surface area contributed by atoms with Crippen LogP contribution in [-0.2, 0) is 16.0 Å². The molecule has 5 rings (SSSR count). The van der Waals surface area contributed by atoms with E-state index >= 15 is 0 Å². The van der Waals surface area contributed by atoms with Gasteiger partial charge in [-0.3, -0.25) is 0 Å². The van der Waals surface area contributed by atoms with Crippen LogP contribution in [0.25, 0.3) is 11.0 Å². The number of fused-ring (bicyclic) bond motifs is 2. The van der Waals surface area contributed by atoms with Crippen molar-refractivity contribution in [1.29, 1.82) is 0 Å². The number of anilines is 2. The van der Waals surface area contributed by atoms with E-state index in [1.165, 1.54) is 12.1 Å². The van der Waals surface area contributed by atoms with Crippen LogP contribution in [0.4, 0.5) is 16.0 Å². The predicted molar refractivity (Wildman–Crippen MR) is 112 cm³/mol. The molecule has 2 N–H and O–H groups in total. The summed E-state index contributed by atoms with van der Waals surface area (Å²) in [7, 11) is 0. The van der Waals surface area contributed by atoms with Crippen molar-refractivity contribution < 1.29 is 19.0 Å². The first-order chi connectivity index (χ1) is 14.7. The standard InChI is InChI=1S/C22H25FN4O3/c23-15-4-3-5-16(10-15)24-17-13-29-20-11-26(12-21(20)30-14-17)22-25-18-6-1-2-7-19(18)27(22)8-9-28/h1-7,10,17,20-21,24,28H,8-9,11-14H2/t20-,21-/m0/s1. The van der Waals surface area contributed by atoms with Gasteiger partial charge in [-0.1, -0.05) is 18.2 Å². The molecule has 3 aromatic rings. The molecule has 0 unspecified atom stereocenters. The lowest BCUT2D eigenvalue weighted by molar-refractivity contribution is -0.00461. The van der Waals surface area contributed by atoms with Gasteiger partial charge in [-0.15, -0.1) is 0 Å². The zero-order chi connectivity index (χ0) is 20.5. The van der Waals surface area contributed by atoms with Crippen LogP contribution in [0.1, 0.15) is 0 Å². The largest absolute Gasteiger partial charge is 0.395 e. The smallest absolute Gasteiger partial charge is 0.206 e. The fraction of sp³-hybridized carbons (Fsp3) is 0.409. The van der Waals surface area contributed by atoms with Crippen LogP contribution in [0.15, 0.2) is 48.5 Å². The van der Waals surface area contributed by atoms with Crippen LogP contribution < -0.4 is 10.2 Å². The zero-order valence-corrected chi connectivity index (χ0v) is 16.6. The summed E-state index contributed by atoms with van der Waals surface area (Å²) in [6.45, 7) is 2.85. The topological polar surface area (TPSA) is 71.8 Å². The van der Waals surface area contributed by atoms with Crippen molar-refractivity contribution in [3.63, 3.8) is 0 Å². The number of hydrogen-bond donors (Lipinski definition) is 2. The first-order valence-corrected chi connectivity index (χ1v) is 10.3. The number of aromatic nitrogens is 2. The molecule has 2 aliphatic rings. The molecule has 30 heavy (non-hydrogen) atoms. The maximum Gasteiger partial charge on any atom is 0.206 e. The fourth-order valence-electron chi connectivity index (χ4n) is 4.28. The lowest BCUT2D eigenvalue weighted by Crippen LogP contribution is -2.32. The number of aliphatic hydroxyl groups excluding tert-OH is 1. The summed E-state index contributed by atoms with van der Waals surface area (Å²) in [5, 5.41) is 12.8. The Bertz CT molecular complexity index is 1010. The van der Waals surface area contributed by atoms with Crippen molar-refractivity contribution in [3.05, 3.63) is 54.3 Å². The van der Waals surface area contributed by atoms with Crippen molar-refractivity contribution in [3.8, 4) is 0 Å². The number of hydrogen-bond acceptors (Lipinski definition) is 6. The highest BCUT2D eigenvalue weighted by Crippen LogP contribution is 2.29. The van der Waals surface area contributed by atoms with Crippen LogP contribution in [-0.4, -0.2) is 65.8 Å². The number of para-hydroxylation sites is 2. The first-order valence-electron chi connectivity index (χ1n) is 10.3. The van der Waals surface area contributed by atoms with E-state index in [2.05, 4.69) is 14.8 Å². The summed E-state index contributed by atoms with van der Waals surface area (Å²) in [6, 6.07) is 14.3. The lowest BCUT2D eigenvalue weighted by Gasteiger charge is -2.21. The highest BCUT2D eigenvalue weighted by molar-refractivity contribution is 5.79. The van der Waals surface area contributed by atoms with Gasteiger partial charge in [-0.25, -0.2) is 9.37 Å². The van der Waals surface area contributed by atoms with Crippen molar-refractivity contribution in [2.75, 3.05) is 43.1 Å². The molecule has 7 nitrogen and oxygen atoms in total. The Morgan fingerprint density at radius 1 is 1.07 bits per heavy atom. The van der Waals surface area contributed by atoms with Gasteiger partial charge in [-0.05, 0) is 30.3 Å². The Hall–Kier alpha value is -2.68. The average Bonchev–Trinajstić information content (AvgIpc) is 3.26. The number of nitrogens with one attached hydrogen (secondary N) is 1. The molecule has 0 bridgehead atoms. The summed E-state index contributed by atoms with van der Waals surface area (Å²) in [4.78, 5) is 6.96. The van der Waals surface area contributed by atoms with Gasteiger partial charge < -0.3 is 29.4 Å². The third kappa shape index (κ3) is 3.74. The van der Waals surface area contributed by atoms with Crippen LogP contribution >= 0.6 is 0 Å². The summed E-state index contributed by atoms with van der Waals surface area (Å²) in [6.07, 6.45) is -0.126. The highest BCUT2D eigenvalue weighted by Gasteiger charge is 2.39. The molecule has 158 valence electrons. The number of aliphatic hydroxyl groups is 1. The molecule has 3 heterocycles. The van der Waals surface area contributed by atoms with E-state index in [-0.39, 0.29) is 30.7 Å². The van der Waals surface area contributed by atoms with E-state index < -0.39 is 0 Å². The molecule has 2 aromatic carbocycles. The number of ether oxygens (including phenoxy) is 2. The zero-order valence-electron chi connectivity index (χ0n) is 16.6. The van der Waals surface area contributed by atoms with E-state index in [0.29, 0.717) is 32.8 Å². The number of benzene rings is 2. The molecule has 0 aliphatic carbocycles. The molecule has 8 heteroatoms. The van der Waals surface area contributed by atoms with Crippen LogP contribution in [0, 0.1) is 5.82 Å². The van der Waals surface area contributed by atoms with E-state index in [4.69, 9.17) is 14.5 Å². The third-order valence-corrected chi connectivity index (χ3v) is 5.67. The molecule has 2 aliphatic heterocycles. The van der Waals surface area contributed by atoms with Gasteiger partial charge >= 0.3 is 0 Å². The highest BCUT2D eigenvalue weighted by atomic mass is 19.1. The minimum absolute atomic E-state index is 0.0372. The Morgan fingerprint density at radius 3 is 2.57 bits per heavy atom. The van der Waals surface area contributed by atoms with E-state index in [1.54, 1.807) is 6.07 Å². The second-order valence-electron chi connectivity index (χ2n) is 7.78. The Morgan fingerprint density at radius 2 is 1.83 bits per heavy atom. The molecular weight excluding hydrogens is 387 g/mol. The normalized spacial score (nSPS) is 22.3. The molecule has 2 saturated heterocycles. The van der Waals surface area contributed by atoms with Crippen molar-refractivity contribution in [2.24, 2.45) is 0 Å². The molecule has 1 aromatic heterocycles. The number of halogens is 1. The fourth-order valence-corrected chi connectivity index (χ4v) is 4.28. The van der Waals surface area contributed by atoms with Crippen LogP contribution in [0.5, 0.6) is 0 Å². The molecule has 2 fully saturated rings. The van der Waals surface area contributed by atoms with E-state index in [1.807, 2.05) is 30.3 Å². The minimum Gasteiger partial charge on any atom is -0.395 e. The van der Waals surface area contributed by atoms with Gasteiger partial charge in [0.15, 0.2) is 0 Å². The monoisotopic (exact) mass is 412 g/mol. The predicted octanol–water partition coefficient (Wildman–Crippen LogP) is 2.25. The van der Waals surface area contributed by atoms with Crippen LogP contribution in [0.3, 0.4) is 0 Å². The summed E-state index contributed by atoms with van der Waals surface area (Å²) in [5.41, 5.74) is 2.64. The number of rotatable bonds is 5. The summed E-state index contributed by atoms with van der Waals surface area (Å²) in [5.74, 6) is 0.564. The van der Waals surface area contributed by atoms with E-state index in [0.717, 1.165) is 22.7 Å². The Labute approximate surface area is 174 Å². The minimum atomic E-state index is -0.270. The third-order valence-electron chi connectivity index (χ3n) is 5.67. The molecular formula is C22H25FN4O3. The van der Waals surface area contributed by atoms with Gasteiger partial charge in [-0.2, -0.15) is 0 Å². The number of imidazole rings is 1. The summed E-state index contributed by atoms with van der Waals surface area (Å²) >= 11 is 0. The average molecular weight is 412 g/mol. The second kappa shape index (κ2) is 8.22. The van der Waals surface area contributed by atoms with Gasteiger partial charge in [0.05, 0.1) is 36.9 Å². The lowest BCUT2D eigenvalue weighted by atomic mass is 10.2. The Kier molecular flexibility index (Phi) is 5.28. The summed E-state index contributed by atoms with van der Waals surface area (Å²) < 4.78 is 27.8. The van der Waals surface area contributed by atoms with Gasteiger partial charge in [0.1, 0.15) is 18.0 Å². The SMILES string of the molecule is OCCn1c(N2C[C@@H]3OCC(Nc4cccc(F)c4)CO[C@H]3C2)nc2ccccc21. The maximum atomic E-state index is 13.4. The molecule has 0 amide bonds. The quantitative estimate of drug-likeness (QED) is 0.670. The van der Waals surface area contributed by atoms with Crippen molar-refractivity contribution >= 4 is 22.7 Å². The van der Waals surface area contributed by atoms with Crippen molar-refractivity contribution in [1.82, 2.24) is 9.55 Å². The molecule has 0 radical (unpaired) electrons. The molecule has 0 spiro atoms. The van der Waals surface area contributed by atoms with Gasteiger partial charge in [0.2, 0.25) is 5.95 Å². The molecule has 2 atom stereocenters. The van der Waals surface area contributed by atoms with Gasteiger partial charge in [0, 0.05) is 25.3 Å². The maximum absolute atomic E-state index is 13.4. The van der Waals surface area contributed by atoms with E-state index in [9.17, 15) is 9.50 Å².